The fraction of sp³-hybridized carbons (Fsp3) is 0.600. The third kappa shape index (κ3) is 13.4. The summed E-state index contributed by atoms with van der Waals surface area (Å²) < 4.78 is 26.6. The number of carboxylic acids is 1. The van der Waals surface area contributed by atoms with Crippen molar-refractivity contribution in [2.75, 3.05) is 52.8 Å². The van der Waals surface area contributed by atoms with Crippen LogP contribution in [0.2, 0.25) is 0 Å². The van der Waals surface area contributed by atoms with Crippen LogP contribution in [0.4, 0.5) is 4.79 Å². The molecule has 0 spiro atoms. The lowest BCUT2D eigenvalue weighted by Gasteiger charge is -2.19. The number of carboxylic acid groups (broad SMARTS) is 1. The van der Waals surface area contributed by atoms with Gasteiger partial charge in [0.15, 0.2) is 0 Å². The molecule has 0 saturated heterocycles. The molecule has 0 atom stereocenters. The molecule has 0 heterocycles. The average Bonchev–Trinajstić information content (AvgIpc) is 2.64. The van der Waals surface area contributed by atoms with E-state index in [0.29, 0.717) is 58.5 Å². The fourth-order valence-electron chi connectivity index (χ4n) is 1.99. The molecule has 2 N–H and O–H groups in total. The van der Waals surface area contributed by atoms with Crippen molar-refractivity contribution in [3.8, 4) is 5.75 Å². The van der Waals surface area contributed by atoms with Crippen LogP contribution in [-0.2, 0) is 18.9 Å². The van der Waals surface area contributed by atoms with Crippen molar-refractivity contribution in [3.63, 3.8) is 0 Å². The van der Waals surface area contributed by atoms with E-state index in [0.717, 1.165) is 0 Å². The van der Waals surface area contributed by atoms with E-state index in [4.69, 9.17) is 28.8 Å². The summed E-state index contributed by atoms with van der Waals surface area (Å²) in [5.74, 6) is -0.379. The number of benzene rings is 1. The second-order valence-electron chi connectivity index (χ2n) is 6.94. The normalized spacial score (nSPS) is 11.1. The Kier molecular flexibility index (Phi) is 11.7. The summed E-state index contributed by atoms with van der Waals surface area (Å²) >= 11 is 0. The quantitative estimate of drug-likeness (QED) is 0.447. The van der Waals surface area contributed by atoms with Crippen LogP contribution >= 0.6 is 0 Å². The molecule has 0 aliphatic carbocycles. The van der Waals surface area contributed by atoms with Crippen molar-refractivity contribution in [1.29, 1.82) is 0 Å². The summed E-state index contributed by atoms with van der Waals surface area (Å²) in [7, 11) is 0. The highest BCUT2D eigenvalue weighted by Crippen LogP contribution is 2.11. The Hall–Kier alpha value is -2.36. The van der Waals surface area contributed by atoms with Crippen LogP contribution in [0.3, 0.4) is 0 Å². The number of carbonyl (C=O) groups is 2. The molecule has 1 amide bonds. The monoisotopic (exact) mass is 413 g/mol. The molecular weight excluding hydrogens is 382 g/mol. The zero-order chi connectivity index (χ0) is 21.5. The van der Waals surface area contributed by atoms with Gasteiger partial charge in [-0.3, -0.25) is 0 Å². The molecule has 9 heteroatoms. The first-order chi connectivity index (χ1) is 13.8. The molecule has 1 aromatic rings. The van der Waals surface area contributed by atoms with Gasteiger partial charge in [0.2, 0.25) is 0 Å². The third-order valence-corrected chi connectivity index (χ3v) is 3.26. The zero-order valence-corrected chi connectivity index (χ0v) is 17.3. The first kappa shape index (κ1) is 24.7. The summed E-state index contributed by atoms with van der Waals surface area (Å²) in [5, 5.41) is 11.4. The second kappa shape index (κ2) is 13.8. The lowest BCUT2D eigenvalue weighted by atomic mass is 10.2. The van der Waals surface area contributed by atoms with Crippen molar-refractivity contribution >= 4 is 12.1 Å². The number of hydrogen-bond donors (Lipinski definition) is 2. The van der Waals surface area contributed by atoms with E-state index in [9.17, 15) is 9.59 Å². The lowest BCUT2D eigenvalue weighted by Crippen LogP contribution is -2.34. The zero-order valence-electron chi connectivity index (χ0n) is 17.3. The summed E-state index contributed by atoms with van der Waals surface area (Å²) in [4.78, 5) is 22.2. The predicted octanol–water partition coefficient (Wildman–Crippen LogP) is 2.34. The molecule has 0 aliphatic rings. The SMILES string of the molecule is CC(C)(C)OC(=O)NCCOCCOCCOCCOc1ccc(C(=O)O)cc1. The number of carbonyl (C=O) groups excluding carboxylic acids is 1. The Balaban J connectivity index is 1.86. The Labute approximate surface area is 171 Å². The van der Waals surface area contributed by atoms with Gasteiger partial charge in [0.1, 0.15) is 18.0 Å². The third-order valence-electron chi connectivity index (χ3n) is 3.26. The van der Waals surface area contributed by atoms with Crippen molar-refractivity contribution in [2.24, 2.45) is 0 Å². The summed E-state index contributed by atoms with van der Waals surface area (Å²) in [5.41, 5.74) is -0.297. The minimum absolute atomic E-state index is 0.217. The van der Waals surface area contributed by atoms with Crippen LogP contribution in [0.25, 0.3) is 0 Å². The van der Waals surface area contributed by atoms with E-state index < -0.39 is 17.7 Å². The Bertz CT molecular complexity index is 597. The van der Waals surface area contributed by atoms with Gasteiger partial charge < -0.3 is 34.1 Å². The molecule has 0 saturated carbocycles. The second-order valence-corrected chi connectivity index (χ2v) is 6.94. The molecular formula is C20H31NO8. The van der Waals surface area contributed by atoms with E-state index in [1.165, 1.54) is 12.1 Å². The topological polar surface area (TPSA) is 113 Å². The van der Waals surface area contributed by atoms with Gasteiger partial charge in [-0.05, 0) is 45.0 Å². The Morgan fingerprint density at radius 1 is 0.862 bits per heavy atom. The van der Waals surface area contributed by atoms with Gasteiger partial charge in [0.25, 0.3) is 0 Å². The first-order valence-electron chi connectivity index (χ1n) is 9.44. The van der Waals surface area contributed by atoms with E-state index in [-0.39, 0.29) is 5.56 Å². The minimum Gasteiger partial charge on any atom is -0.491 e. The largest absolute Gasteiger partial charge is 0.491 e. The van der Waals surface area contributed by atoms with Crippen molar-refractivity contribution in [2.45, 2.75) is 26.4 Å². The number of aromatic carboxylic acids is 1. The number of ether oxygens (including phenoxy) is 5. The van der Waals surface area contributed by atoms with Gasteiger partial charge >= 0.3 is 12.1 Å². The van der Waals surface area contributed by atoms with Gasteiger partial charge in [0, 0.05) is 6.54 Å². The van der Waals surface area contributed by atoms with Crippen LogP contribution in [-0.4, -0.2) is 75.6 Å². The van der Waals surface area contributed by atoms with Gasteiger partial charge in [-0.1, -0.05) is 0 Å². The number of alkyl carbamates (subject to hydrolysis) is 1. The highest BCUT2D eigenvalue weighted by molar-refractivity contribution is 5.87. The number of amides is 1. The molecule has 0 fully saturated rings. The number of hydrogen-bond acceptors (Lipinski definition) is 7. The maximum absolute atomic E-state index is 11.4. The van der Waals surface area contributed by atoms with E-state index in [1.54, 1.807) is 32.9 Å². The molecule has 164 valence electrons. The van der Waals surface area contributed by atoms with Gasteiger partial charge in [-0.2, -0.15) is 0 Å². The lowest BCUT2D eigenvalue weighted by molar-refractivity contribution is 0.00904. The molecule has 0 aliphatic heterocycles. The summed E-state index contributed by atoms with van der Waals surface area (Å²) in [6.45, 7) is 8.65. The number of nitrogens with one attached hydrogen (secondary N) is 1. The smallest absolute Gasteiger partial charge is 0.407 e. The molecule has 9 nitrogen and oxygen atoms in total. The fourth-order valence-corrected chi connectivity index (χ4v) is 1.99. The van der Waals surface area contributed by atoms with E-state index >= 15 is 0 Å². The van der Waals surface area contributed by atoms with Crippen LogP contribution in [0.1, 0.15) is 31.1 Å². The van der Waals surface area contributed by atoms with Crippen LogP contribution in [0.5, 0.6) is 5.75 Å². The predicted molar refractivity (Wildman–Crippen MR) is 106 cm³/mol. The van der Waals surface area contributed by atoms with Gasteiger partial charge in [-0.15, -0.1) is 0 Å². The maximum atomic E-state index is 11.4. The van der Waals surface area contributed by atoms with Crippen molar-refractivity contribution in [3.05, 3.63) is 29.8 Å². The molecule has 0 bridgehead atoms. The van der Waals surface area contributed by atoms with Crippen LogP contribution < -0.4 is 10.1 Å². The Morgan fingerprint density at radius 2 is 1.38 bits per heavy atom. The molecule has 0 radical (unpaired) electrons. The molecule has 1 rings (SSSR count). The standard InChI is InChI=1S/C20H31NO8/c1-20(2,3)29-19(24)21-8-9-25-10-11-26-12-13-27-14-15-28-17-6-4-16(5-7-17)18(22)23/h4-7H,8-15H2,1-3H3,(H,21,24)(H,22,23). The van der Waals surface area contributed by atoms with Gasteiger partial charge in [-0.25, -0.2) is 9.59 Å². The average molecular weight is 413 g/mol. The van der Waals surface area contributed by atoms with Crippen molar-refractivity contribution < 1.29 is 38.4 Å². The van der Waals surface area contributed by atoms with Gasteiger partial charge in [0.05, 0.1) is 45.2 Å². The molecule has 29 heavy (non-hydrogen) atoms. The van der Waals surface area contributed by atoms with Crippen molar-refractivity contribution in [1.82, 2.24) is 5.32 Å². The molecule has 0 aromatic heterocycles. The van der Waals surface area contributed by atoms with E-state index in [2.05, 4.69) is 5.32 Å². The summed E-state index contributed by atoms with van der Waals surface area (Å²) in [6, 6.07) is 6.19. The van der Waals surface area contributed by atoms with Crippen LogP contribution in [0, 0.1) is 0 Å². The first-order valence-corrected chi connectivity index (χ1v) is 9.44. The Morgan fingerprint density at radius 3 is 1.90 bits per heavy atom. The minimum atomic E-state index is -0.970. The highest BCUT2D eigenvalue weighted by Gasteiger charge is 2.15. The molecule has 1 aromatic carbocycles. The highest BCUT2D eigenvalue weighted by atomic mass is 16.6. The molecule has 0 unspecified atom stereocenters. The van der Waals surface area contributed by atoms with E-state index in [1.807, 2.05) is 0 Å². The number of rotatable bonds is 14. The maximum Gasteiger partial charge on any atom is 0.407 e. The summed E-state index contributed by atoms with van der Waals surface area (Å²) in [6.07, 6.45) is -0.462. The van der Waals surface area contributed by atoms with Crippen LogP contribution in [0.15, 0.2) is 24.3 Å².